The zero-order chi connectivity index (χ0) is 17.3. The summed E-state index contributed by atoms with van der Waals surface area (Å²) in [5.41, 5.74) is 7.15. The number of H-pyrrole nitrogens is 1. The number of anilines is 1. The van der Waals surface area contributed by atoms with Crippen LogP contribution < -0.4 is 11.1 Å². The van der Waals surface area contributed by atoms with Crippen LogP contribution in [0.15, 0.2) is 42.6 Å². The van der Waals surface area contributed by atoms with E-state index in [0.717, 1.165) is 10.9 Å². The standard InChI is InChI=1S/C17H13ClFN3O2/c18-14-4-2-11(7-13(14)17(20)24)22-16(23)5-9-8-21-15-6-10(19)1-3-12(9)15/h1-4,6-8,21H,5H2,(H2,20,24)(H,22,23). The summed E-state index contributed by atoms with van der Waals surface area (Å²) in [6, 6.07) is 8.83. The van der Waals surface area contributed by atoms with E-state index in [2.05, 4.69) is 10.3 Å². The van der Waals surface area contributed by atoms with Crippen molar-refractivity contribution in [1.82, 2.24) is 4.98 Å². The van der Waals surface area contributed by atoms with Crippen LogP contribution in [0.3, 0.4) is 0 Å². The Bertz CT molecular complexity index is 952. The average molecular weight is 346 g/mol. The number of benzene rings is 2. The Kier molecular flexibility index (Phi) is 4.22. The molecule has 1 aromatic heterocycles. The Balaban J connectivity index is 1.78. The third kappa shape index (κ3) is 3.23. The second kappa shape index (κ2) is 6.33. The zero-order valence-corrected chi connectivity index (χ0v) is 13.2. The Morgan fingerprint density at radius 3 is 2.75 bits per heavy atom. The van der Waals surface area contributed by atoms with E-state index in [1.54, 1.807) is 18.3 Å². The van der Waals surface area contributed by atoms with Gasteiger partial charge in [-0.25, -0.2) is 4.39 Å². The predicted molar refractivity (Wildman–Crippen MR) is 90.6 cm³/mol. The molecule has 2 amide bonds. The number of primary amides is 1. The van der Waals surface area contributed by atoms with Crippen LogP contribution in [0, 0.1) is 5.82 Å². The number of aromatic amines is 1. The van der Waals surface area contributed by atoms with Crippen molar-refractivity contribution in [1.29, 1.82) is 0 Å². The first kappa shape index (κ1) is 16.0. The maximum Gasteiger partial charge on any atom is 0.250 e. The van der Waals surface area contributed by atoms with Gasteiger partial charge in [0.05, 0.1) is 17.0 Å². The Morgan fingerprint density at radius 2 is 2.00 bits per heavy atom. The molecule has 3 aromatic rings. The number of carbonyl (C=O) groups excluding carboxylic acids is 2. The largest absolute Gasteiger partial charge is 0.366 e. The van der Waals surface area contributed by atoms with E-state index in [1.165, 1.54) is 24.3 Å². The van der Waals surface area contributed by atoms with Crippen LogP contribution in [0.5, 0.6) is 0 Å². The number of nitrogens with two attached hydrogens (primary N) is 1. The van der Waals surface area contributed by atoms with Crippen LogP contribution in [0.25, 0.3) is 10.9 Å². The first-order valence-corrected chi connectivity index (χ1v) is 7.46. The molecule has 0 saturated carbocycles. The molecule has 0 saturated heterocycles. The van der Waals surface area contributed by atoms with Gasteiger partial charge in [0.15, 0.2) is 0 Å². The summed E-state index contributed by atoms with van der Waals surface area (Å²) in [7, 11) is 0. The minimum atomic E-state index is -0.672. The maximum atomic E-state index is 13.2. The molecule has 122 valence electrons. The van der Waals surface area contributed by atoms with Crippen molar-refractivity contribution in [3.8, 4) is 0 Å². The van der Waals surface area contributed by atoms with Crippen molar-refractivity contribution in [2.75, 3.05) is 5.32 Å². The van der Waals surface area contributed by atoms with Crippen molar-refractivity contribution < 1.29 is 14.0 Å². The van der Waals surface area contributed by atoms with E-state index in [4.69, 9.17) is 17.3 Å². The lowest BCUT2D eigenvalue weighted by molar-refractivity contribution is -0.115. The lowest BCUT2D eigenvalue weighted by Gasteiger charge is -2.07. The smallest absolute Gasteiger partial charge is 0.250 e. The maximum absolute atomic E-state index is 13.2. The molecule has 5 nitrogen and oxygen atoms in total. The lowest BCUT2D eigenvalue weighted by atomic mass is 10.1. The second-order valence-corrected chi connectivity index (χ2v) is 5.69. The van der Waals surface area contributed by atoms with E-state index in [-0.39, 0.29) is 28.7 Å². The van der Waals surface area contributed by atoms with E-state index in [1.807, 2.05) is 0 Å². The molecule has 0 radical (unpaired) electrons. The first-order valence-electron chi connectivity index (χ1n) is 7.09. The van der Waals surface area contributed by atoms with E-state index >= 15 is 0 Å². The summed E-state index contributed by atoms with van der Waals surface area (Å²) in [4.78, 5) is 26.4. The molecule has 0 unspecified atom stereocenters. The summed E-state index contributed by atoms with van der Waals surface area (Å²) in [6.45, 7) is 0. The third-order valence-electron chi connectivity index (χ3n) is 3.60. The van der Waals surface area contributed by atoms with Gasteiger partial charge in [0, 0.05) is 22.8 Å². The topological polar surface area (TPSA) is 88.0 Å². The SMILES string of the molecule is NC(=O)c1cc(NC(=O)Cc2c[nH]c3cc(F)ccc23)ccc1Cl. The van der Waals surface area contributed by atoms with E-state index < -0.39 is 5.91 Å². The molecule has 7 heteroatoms. The van der Waals surface area contributed by atoms with Crippen molar-refractivity contribution in [2.45, 2.75) is 6.42 Å². The highest BCUT2D eigenvalue weighted by Gasteiger charge is 2.12. The van der Waals surface area contributed by atoms with Crippen molar-refractivity contribution in [3.05, 3.63) is 64.6 Å². The fraction of sp³-hybridized carbons (Fsp3) is 0.0588. The van der Waals surface area contributed by atoms with Gasteiger partial charge in [-0.15, -0.1) is 0 Å². The van der Waals surface area contributed by atoms with Crippen LogP contribution in [-0.4, -0.2) is 16.8 Å². The molecule has 0 aliphatic heterocycles. The summed E-state index contributed by atoms with van der Waals surface area (Å²) >= 11 is 5.87. The Hall–Kier alpha value is -2.86. The number of hydrogen-bond donors (Lipinski definition) is 3. The van der Waals surface area contributed by atoms with Gasteiger partial charge < -0.3 is 16.0 Å². The quantitative estimate of drug-likeness (QED) is 0.677. The molecular formula is C17H13ClFN3O2. The molecule has 0 aliphatic carbocycles. The summed E-state index contributed by atoms with van der Waals surface area (Å²) in [5, 5.41) is 3.69. The van der Waals surface area contributed by atoms with Gasteiger partial charge >= 0.3 is 0 Å². The normalized spacial score (nSPS) is 10.8. The van der Waals surface area contributed by atoms with Gasteiger partial charge in [-0.1, -0.05) is 11.6 Å². The van der Waals surface area contributed by atoms with Crippen molar-refractivity contribution in [3.63, 3.8) is 0 Å². The number of amides is 2. The molecule has 0 aliphatic rings. The number of halogens is 2. The highest BCUT2D eigenvalue weighted by Crippen LogP contribution is 2.22. The average Bonchev–Trinajstić information content (AvgIpc) is 2.91. The lowest BCUT2D eigenvalue weighted by Crippen LogP contribution is -2.16. The summed E-state index contributed by atoms with van der Waals surface area (Å²) in [6.07, 6.45) is 1.76. The number of nitrogens with one attached hydrogen (secondary N) is 2. The molecule has 24 heavy (non-hydrogen) atoms. The van der Waals surface area contributed by atoms with Gasteiger partial charge in [-0.2, -0.15) is 0 Å². The van der Waals surface area contributed by atoms with E-state index in [9.17, 15) is 14.0 Å². The number of aromatic nitrogens is 1. The molecule has 0 fully saturated rings. The molecule has 2 aromatic carbocycles. The molecule has 0 bridgehead atoms. The highest BCUT2D eigenvalue weighted by atomic mass is 35.5. The second-order valence-electron chi connectivity index (χ2n) is 5.29. The van der Waals surface area contributed by atoms with Gasteiger partial charge in [0.25, 0.3) is 0 Å². The van der Waals surface area contributed by atoms with Gasteiger partial charge in [-0.3, -0.25) is 9.59 Å². The van der Waals surface area contributed by atoms with Gasteiger partial charge in [0.1, 0.15) is 5.82 Å². The van der Waals surface area contributed by atoms with Crippen LogP contribution in [-0.2, 0) is 11.2 Å². The van der Waals surface area contributed by atoms with Crippen molar-refractivity contribution >= 4 is 40.0 Å². The first-order chi connectivity index (χ1) is 11.4. The number of fused-ring (bicyclic) bond motifs is 1. The van der Waals surface area contributed by atoms with Crippen LogP contribution in [0.4, 0.5) is 10.1 Å². The number of carbonyl (C=O) groups is 2. The Morgan fingerprint density at radius 1 is 1.21 bits per heavy atom. The number of hydrogen-bond acceptors (Lipinski definition) is 2. The molecule has 4 N–H and O–H groups in total. The fourth-order valence-electron chi connectivity index (χ4n) is 2.47. The van der Waals surface area contributed by atoms with Crippen LogP contribution in [0.1, 0.15) is 15.9 Å². The molecule has 1 heterocycles. The Labute approximate surface area is 141 Å². The molecule has 0 spiro atoms. The predicted octanol–water partition coefficient (Wildman–Crippen LogP) is 3.24. The van der Waals surface area contributed by atoms with Crippen LogP contribution >= 0.6 is 11.6 Å². The van der Waals surface area contributed by atoms with Gasteiger partial charge in [0.2, 0.25) is 11.8 Å². The highest BCUT2D eigenvalue weighted by molar-refractivity contribution is 6.34. The minimum absolute atomic E-state index is 0.0974. The van der Waals surface area contributed by atoms with E-state index in [0.29, 0.717) is 11.2 Å². The fourth-order valence-corrected chi connectivity index (χ4v) is 2.69. The zero-order valence-electron chi connectivity index (χ0n) is 12.4. The molecule has 0 atom stereocenters. The van der Waals surface area contributed by atoms with Gasteiger partial charge in [-0.05, 0) is 42.0 Å². The monoisotopic (exact) mass is 345 g/mol. The third-order valence-corrected chi connectivity index (χ3v) is 3.93. The summed E-state index contributed by atoms with van der Waals surface area (Å²) < 4.78 is 13.2. The molecule has 3 rings (SSSR count). The minimum Gasteiger partial charge on any atom is -0.366 e. The van der Waals surface area contributed by atoms with Crippen LogP contribution in [0.2, 0.25) is 5.02 Å². The number of rotatable bonds is 4. The molecular weight excluding hydrogens is 333 g/mol. The summed E-state index contributed by atoms with van der Waals surface area (Å²) in [5.74, 6) is -1.30. The van der Waals surface area contributed by atoms with Crippen molar-refractivity contribution in [2.24, 2.45) is 5.73 Å².